The van der Waals surface area contributed by atoms with Gasteiger partial charge in [0.05, 0.1) is 11.6 Å². The number of nitrogens with zero attached hydrogens (tertiary/aromatic N) is 8. The first-order chi connectivity index (χ1) is 16.7. The quantitative estimate of drug-likeness (QED) is 0.419. The molecule has 1 saturated heterocycles. The Morgan fingerprint density at radius 3 is 2.82 bits per heavy atom. The monoisotopic (exact) mass is 471 g/mol. The van der Waals surface area contributed by atoms with Crippen LogP contribution in [0.5, 0.6) is 0 Å². The van der Waals surface area contributed by atoms with Crippen molar-refractivity contribution in [3.05, 3.63) is 67.1 Å². The molecule has 0 aliphatic carbocycles. The molecule has 170 valence electrons. The highest BCUT2D eigenvalue weighted by atomic mass is 32.1. The van der Waals surface area contributed by atoms with Gasteiger partial charge in [-0.3, -0.25) is 9.20 Å². The summed E-state index contributed by atoms with van der Waals surface area (Å²) in [5, 5.41) is 9.21. The molecule has 5 aromatic rings. The highest BCUT2D eigenvalue weighted by molar-refractivity contribution is 7.15. The maximum atomic E-state index is 13.0. The van der Waals surface area contributed by atoms with Gasteiger partial charge in [0.25, 0.3) is 0 Å². The number of hydrogen-bond donors (Lipinski definition) is 1. The predicted molar refractivity (Wildman–Crippen MR) is 129 cm³/mol. The Balaban J connectivity index is 1.12. The maximum Gasteiger partial charge on any atom is 0.229 e. The van der Waals surface area contributed by atoms with E-state index in [9.17, 15) is 4.79 Å². The maximum absolute atomic E-state index is 13.0. The zero-order valence-corrected chi connectivity index (χ0v) is 19.0. The number of piperidine rings is 1. The molecule has 0 saturated carbocycles. The molecule has 0 bridgehead atoms. The summed E-state index contributed by atoms with van der Waals surface area (Å²) in [5.74, 6) is 1.32. The molecule has 1 fully saturated rings. The molecule has 1 aliphatic rings. The van der Waals surface area contributed by atoms with Gasteiger partial charge in [-0.25, -0.2) is 24.6 Å². The van der Waals surface area contributed by atoms with Crippen LogP contribution < -0.4 is 10.2 Å². The molecule has 4 aromatic heterocycles. The van der Waals surface area contributed by atoms with Crippen LogP contribution in [0.15, 0.2) is 67.1 Å². The van der Waals surface area contributed by atoms with Crippen LogP contribution in [0.3, 0.4) is 0 Å². The molecule has 1 aromatic carbocycles. The molecule has 0 radical (unpaired) electrons. The lowest BCUT2D eigenvalue weighted by Gasteiger charge is -2.32. The zero-order valence-electron chi connectivity index (χ0n) is 18.2. The molecule has 10 nitrogen and oxygen atoms in total. The van der Waals surface area contributed by atoms with Gasteiger partial charge < -0.3 is 10.2 Å². The number of anilines is 2. The van der Waals surface area contributed by atoms with Crippen LogP contribution in [-0.4, -0.2) is 53.1 Å². The third-order valence-corrected chi connectivity index (χ3v) is 6.72. The fraction of sp³-hybridized carbons (Fsp3) is 0.217. The lowest BCUT2D eigenvalue weighted by atomic mass is 9.97. The first-order valence-electron chi connectivity index (χ1n) is 11.0. The summed E-state index contributed by atoms with van der Waals surface area (Å²) in [4.78, 5) is 33.4. The van der Waals surface area contributed by atoms with E-state index >= 15 is 0 Å². The molecule has 34 heavy (non-hydrogen) atoms. The number of amides is 1. The molecule has 5 heterocycles. The average Bonchev–Trinajstić information content (AvgIpc) is 3.63. The molecular weight excluding hydrogens is 450 g/mol. The van der Waals surface area contributed by atoms with Crippen molar-refractivity contribution in [1.82, 2.24) is 34.1 Å². The van der Waals surface area contributed by atoms with Gasteiger partial charge in [0.1, 0.15) is 24.8 Å². The van der Waals surface area contributed by atoms with E-state index in [1.807, 2.05) is 52.5 Å². The van der Waals surface area contributed by atoms with Crippen LogP contribution >= 0.6 is 11.3 Å². The van der Waals surface area contributed by atoms with E-state index in [4.69, 9.17) is 0 Å². The van der Waals surface area contributed by atoms with Crippen molar-refractivity contribution < 1.29 is 4.79 Å². The second-order valence-electron chi connectivity index (χ2n) is 8.15. The van der Waals surface area contributed by atoms with Gasteiger partial charge in [-0.2, -0.15) is 5.10 Å². The van der Waals surface area contributed by atoms with Crippen molar-refractivity contribution in [2.45, 2.75) is 12.8 Å². The summed E-state index contributed by atoms with van der Waals surface area (Å²) < 4.78 is 3.60. The Morgan fingerprint density at radius 1 is 1.12 bits per heavy atom. The van der Waals surface area contributed by atoms with Gasteiger partial charge in [-0.05, 0) is 25.0 Å². The molecular formula is C23H21N9OS. The number of hydrogen-bond acceptors (Lipinski definition) is 8. The van der Waals surface area contributed by atoms with Crippen molar-refractivity contribution in [2.75, 3.05) is 23.3 Å². The Hall–Kier alpha value is -4.12. The Labute approximate surface area is 199 Å². The van der Waals surface area contributed by atoms with Crippen molar-refractivity contribution in [3.63, 3.8) is 0 Å². The summed E-state index contributed by atoms with van der Waals surface area (Å²) in [7, 11) is 0. The van der Waals surface area contributed by atoms with Gasteiger partial charge in [-0.1, -0.05) is 12.1 Å². The highest BCUT2D eigenvalue weighted by Crippen LogP contribution is 2.26. The summed E-state index contributed by atoms with van der Waals surface area (Å²) in [6, 6.07) is 9.70. The fourth-order valence-corrected chi connectivity index (χ4v) is 4.90. The number of carbonyl (C=O) groups is 1. The van der Waals surface area contributed by atoms with Crippen molar-refractivity contribution >= 4 is 33.7 Å². The molecule has 1 unspecified atom stereocenters. The summed E-state index contributed by atoms with van der Waals surface area (Å²) in [6.45, 7) is 1.44. The number of thiazole rings is 1. The van der Waals surface area contributed by atoms with Crippen molar-refractivity contribution in [3.8, 4) is 17.1 Å². The van der Waals surface area contributed by atoms with Crippen LogP contribution in [0.1, 0.15) is 12.8 Å². The minimum atomic E-state index is -0.127. The third-order valence-electron chi connectivity index (χ3n) is 5.95. The van der Waals surface area contributed by atoms with Crippen molar-refractivity contribution in [2.24, 2.45) is 5.92 Å². The van der Waals surface area contributed by atoms with Gasteiger partial charge in [0.15, 0.2) is 10.8 Å². The topological polar surface area (TPSA) is 106 Å². The van der Waals surface area contributed by atoms with Crippen LogP contribution in [0, 0.1) is 5.92 Å². The first kappa shape index (κ1) is 20.5. The van der Waals surface area contributed by atoms with Crippen LogP contribution in [0.2, 0.25) is 0 Å². The molecule has 1 aliphatic heterocycles. The fourth-order valence-electron chi connectivity index (χ4n) is 4.20. The average molecular weight is 472 g/mol. The number of carbonyl (C=O) groups excluding carboxylic acids is 1. The summed E-state index contributed by atoms with van der Waals surface area (Å²) in [6.07, 6.45) is 10.3. The number of fused-ring (bicyclic) bond motifs is 1. The van der Waals surface area contributed by atoms with E-state index < -0.39 is 0 Å². The number of nitrogens with one attached hydrogen (secondary N) is 1. The van der Waals surface area contributed by atoms with Crippen LogP contribution in [-0.2, 0) is 4.79 Å². The standard InChI is InChI=1S/C23H21N9OS/c33-22(28-18-5-3-16(4-6-18)19-12-31-8-9-34-23(31)29-19)17-2-1-7-30(11-17)20-10-21(26-14-25-20)32-15-24-13-27-32/h3-6,8-10,12-15,17H,1-2,7,11H2,(H,28,33). The molecule has 1 amide bonds. The Kier molecular flexibility index (Phi) is 5.22. The van der Waals surface area contributed by atoms with E-state index in [0.29, 0.717) is 12.4 Å². The lowest BCUT2D eigenvalue weighted by Crippen LogP contribution is -2.41. The van der Waals surface area contributed by atoms with E-state index in [0.717, 1.165) is 47.1 Å². The van der Waals surface area contributed by atoms with Crippen LogP contribution in [0.25, 0.3) is 22.0 Å². The van der Waals surface area contributed by atoms with Crippen LogP contribution in [0.4, 0.5) is 11.5 Å². The number of rotatable bonds is 5. The zero-order chi connectivity index (χ0) is 22.9. The molecule has 1 atom stereocenters. The lowest BCUT2D eigenvalue weighted by molar-refractivity contribution is -0.120. The molecule has 11 heteroatoms. The normalized spacial score (nSPS) is 16.1. The molecule has 0 spiro atoms. The summed E-state index contributed by atoms with van der Waals surface area (Å²) in [5.41, 5.74) is 2.72. The minimum Gasteiger partial charge on any atom is -0.356 e. The number of aromatic nitrogens is 7. The Bertz CT molecular complexity index is 1400. The smallest absolute Gasteiger partial charge is 0.229 e. The van der Waals surface area contributed by atoms with E-state index in [2.05, 4.69) is 35.3 Å². The molecule has 6 rings (SSSR count). The van der Waals surface area contributed by atoms with Gasteiger partial charge >= 0.3 is 0 Å². The van der Waals surface area contributed by atoms with Gasteiger partial charge in [0.2, 0.25) is 5.91 Å². The summed E-state index contributed by atoms with van der Waals surface area (Å²) >= 11 is 1.60. The largest absolute Gasteiger partial charge is 0.356 e. The van der Waals surface area contributed by atoms with Gasteiger partial charge in [-0.15, -0.1) is 11.3 Å². The number of benzene rings is 1. The Morgan fingerprint density at radius 2 is 2.00 bits per heavy atom. The van der Waals surface area contributed by atoms with E-state index in [-0.39, 0.29) is 11.8 Å². The first-order valence-corrected chi connectivity index (χ1v) is 11.9. The van der Waals surface area contributed by atoms with Crippen molar-refractivity contribution in [1.29, 1.82) is 0 Å². The minimum absolute atomic E-state index is 0.0190. The highest BCUT2D eigenvalue weighted by Gasteiger charge is 2.27. The van der Waals surface area contributed by atoms with E-state index in [1.54, 1.807) is 22.3 Å². The second-order valence-corrected chi connectivity index (χ2v) is 9.02. The third kappa shape index (κ3) is 4.01. The molecule has 1 N–H and O–H groups in total. The number of imidazole rings is 1. The van der Waals surface area contributed by atoms with E-state index in [1.165, 1.54) is 12.7 Å². The SMILES string of the molecule is O=C(Nc1ccc(-c2cn3ccsc3n2)cc1)C1CCCN(c2cc(-n3cncn3)ncn2)C1. The van der Waals surface area contributed by atoms with Gasteiger partial charge in [0, 0.05) is 48.2 Å². The second kappa shape index (κ2) is 8.67. The predicted octanol–water partition coefficient (Wildman–Crippen LogP) is 3.29.